The third kappa shape index (κ3) is 5.00. The molecule has 0 aliphatic heterocycles. The summed E-state index contributed by atoms with van der Waals surface area (Å²) in [5, 5.41) is 4.87. The zero-order chi connectivity index (χ0) is 20.1. The maximum atomic E-state index is 12.8. The first kappa shape index (κ1) is 20.6. The molecule has 0 atom stereocenters. The van der Waals surface area contributed by atoms with Gasteiger partial charge < -0.3 is 9.64 Å². The van der Waals surface area contributed by atoms with Gasteiger partial charge in [-0.3, -0.25) is 4.79 Å². The van der Waals surface area contributed by atoms with Gasteiger partial charge in [0, 0.05) is 11.4 Å². The third-order valence-electron chi connectivity index (χ3n) is 4.44. The number of carbonyl (C=O) groups is 1. The highest BCUT2D eigenvalue weighted by molar-refractivity contribution is 7.12. The number of thiophene rings is 1. The molecule has 148 valence electrons. The summed E-state index contributed by atoms with van der Waals surface area (Å²) >= 11 is 3.05. The lowest BCUT2D eigenvalue weighted by Gasteiger charge is -2.25. The minimum absolute atomic E-state index is 0.0571. The summed E-state index contributed by atoms with van der Waals surface area (Å²) in [4.78, 5) is 20.1. The van der Waals surface area contributed by atoms with Crippen molar-refractivity contribution in [3.05, 3.63) is 68.3 Å². The minimum atomic E-state index is 0.0571. The SMILES string of the molecule is CC(C)c1ccccc1OCc1nc(CN(C(=O)c2cccs2)C(C)C)cs1. The van der Waals surface area contributed by atoms with Crippen molar-refractivity contribution < 1.29 is 9.53 Å². The van der Waals surface area contributed by atoms with Crippen LogP contribution < -0.4 is 4.74 Å². The molecule has 2 aromatic heterocycles. The second-order valence-corrected chi connectivity index (χ2v) is 9.11. The molecule has 0 unspecified atom stereocenters. The van der Waals surface area contributed by atoms with Gasteiger partial charge in [0.05, 0.1) is 17.1 Å². The summed E-state index contributed by atoms with van der Waals surface area (Å²) in [6.07, 6.45) is 0. The van der Waals surface area contributed by atoms with Crippen LogP contribution in [0.3, 0.4) is 0 Å². The van der Waals surface area contributed by atoms with Crippen molar-refractivity contribution in [2.75, 3.05) is 0 Å². The molecule has 0 saturated carbocycles. The first-order chi connectivity index (χ1) is 13.5. The van der Waals surface area contributed by atoms with Gasteiger partial charge in [-0.1, -0.05) is 38.1 Å². The normalized spacial score (nSPS) is 11.2. The van der Waals surface area contributed by atoms with Crippen LogP contribution in [0.1, 0.15) is 59.5 Å². The second-order valence-electron chi connectivity index (χ2n) is 7.22. The van der Waals surface area contributed by atoms with Gasteiger partial charge >= 0.3 is 0 Å². The Balaban J connectivity index is 1.66. The molecule has 0 bridgehead atoms. The summed E-state index contributed by atoms with van der Waals surface area (Å²) in [7, 11) is 0. The van der Waals surface area contributed by atoms with Crippen molar-refractivity contribution in [1.82, 2.24) is 9.88 Å². The van der Waals surface area contributed by atoms with E-state index in [0.29, 0.717) is 19.1 Å². The molecule has 0 radical (unpaired) electrons. The average Bonchev–Trinajstić information content (AvgIpc) is 3.36. The molecule has 1 aromatic carbocycles. The molecule has 0 fully saturated rings. The predicted molar refractivity (Wildman–Crippen MR) is 116 cm³/mol. The van der Waals surface area contributed by atoms with E-state index in [1.807, 2.05) is 59.8 Å². The van der Waals surface area contributed by atoms with Crippen molar-refractivity contribution in [2.24, 2.45) is 0 Å². The Labute approximate surface area is 174 Å². The van der Waals surface area contributed by atoms with E-state index in [1.165, 1.54) is 16.9 Å². The Hall–Kier alpha value is -2.18. The van der Waals surface area contributed by atoms with E-state index < -0.39 is 0 Å². The third-order valence-corrected chi connectivity index (χ3v) is 6.17. The van der Waals surface area contributed by atoms with E-state index in [0.717, 1.165) is 21.3 Å². The number of carbonyl (C=O) groups excluding carboxylic acids is 1. The van der Waals surface area contributed by atoms with Crippen molar-refractivity contribution in [3.8, 4) is 5.75 Å². The zero-order valence-corrected chi connectivity index (χ0v) is 18.3. The van der Waals surface area contributed by atoms with Gasteiger partial charge in [0.15, 0.2) is 0 Å². The lowest BCUT2D eigenvalue weighted by Crippen LogP contribution is -2.36. The van der Waals surface area contributed by atoms with Crippen LogP contribution in [0.15, 0.2) is 47.2 Å². The molecule has 0 saturated heterocycles. The highest BCUT2D eigenvalue weighted by Crippen LogP contribution is 2.27. The first-order valence-electron chi connectivity index (χ1n) is 9.45. The number of amides is 1. The molecule has 2 heterocycles. The molecule has 4 nitrogen and oxygen atoms in total. The number of thiazole rings is 1. The smallest absolute Gasteiger partial charge is 0.264 e. The molecule has 0 spiro atoms. The Morgan fingerprint density at radius 3 is 2.57 bits per heavy atom. The summed E-state index contributed by atoms with van der Waals surface area (Å²) in [6.45, 7) is 9.33. The van der Waals surface area contributed by atoms with Gasteiger partial charge in [-0.05, 0) is 42.8 Å². The van der Waals surface area contributed by atoms with E-state index in [2.05, 4.69) is 24.9 Å². The summed E-state index contributed by atoms with van der Waals surface area (Å²) in [5.41, 5.74) is 2.10. The van der Waals surface area contributed by atoms with E-state index in [4.69, 9.17) is 4.74 Å². The topological polar surface area (TPSA) is 42.4 Å². The van der Waals surface area contributed by atoms with E-state index in [1.54, 1.807) is 11.3 Å². The summed E-state index contributed by atoms with van der Waals surface area (Å²) in [6, 6.07) is 12.0. The number of aromatic nitrogens is 1. The molecule has 1 amide bonds. The Morgan fingerprint density at radius 2 is 1.89 bits per heavy atom. The standard InChI is InChI=1S/C22H26N2O2S2/c1-15(2)18-8-5-6-9-19(18)26-13-21-23-17(14-28-21)12-24(16(3)4)22(25)20-10-7-11-27-20/h5-11,14-16H,12-13H2,1-4H3. The van der Waals surface area contributed by atoms with Crippen LogP contribution in [-0.4, -0.2) is 21.8 Å². The molecule has 0 aliphatic carbocycles. The highest BCUT2D eigenvalue weighted by atomic mass is 32.1. The van der Waals surface area contributed by atoms with Crippen molar-refractivity contribution >= 4 is 28.6 Å². The average molecular weight is 415 g/mol. The van der Waals surface area contributed by atoms with Crippen molar-refractivity contribution in [3.63, 3.8) is 0 Å². The van der Waals surface area contributed by atoms with Crippen LogP contribution in [0.2, 0.25) is 0 Å². The van der Waals surface area contributed by atoms with Crippen LogP contribution in [0.4, 0.5) is 0 Å². The number of nitrogens with zero attached hydrogens (tertiary/aromatic N) is 2. The van der Waals surface area contributed by atoms with Gasteiger partial charge in [0.1, 0.15) is 17.4 Å². The van der Waals surface area contributed by atoms with Gasteiger partial charge in [0.25, 0.3) is 5.91 Å². The maximum Gasteiger partial charge on any atom is 0.264 e. The van der Waals surface area contributed by atoms with Gasteiger partial charge in [-0.25, -0.2) is 4.98 Å². The Morgan fingerprint density at radius 1 is 1.11 bits per heavy atom. The maximum absolute atomic E-state index is 12.8. The van der Waals surface area contributed by atoms with Crippen LogP contribution in [0, 0.1) is 0 Å². The molecule has 6 heteroatoms. The molecule has 3 rings (SSSR count). The summed E-state index contributed by atoms with van der Waals surface area (Å²) in [5.74, 6) is 1.37. The number of ether oxygens (including phenoxy) is 1. The molecule has 3 aromatic rings. The molecule has 0 N–H and O–H groups in total. The Kier molecular flexibility index (Phi) is 6.86. The van der Waals surface area contributed by atoms with E-state index >= 15 is 0 Å². The first-order valence-corrected chi connectivity index (χ1v) is 11.2. The number of benzene rings is 1. The fraction of sp³-hybridized carbons (Fsp3) is 0.364. The van der Waals surface area contributed by atoms with Crippen LogP contribution in [0.25, 0.3) is 0 Å². The number of para-hydroxylation sites is 1. The molecular weight excluding hydrogens is 388 g/mol. The zero-order valence-electron chi connectivity index (χ0n) is 16.7. The molecule has 28 heavy (non-hydrogen) atoms. The number of rotatable bonds is 8. The fourth-order valence-corrected chi connectivity index (χ4v) is 4.30. The van der Waals surface area contributed by atoms with E-state index in [9.17, 15) is 4.79 Å². The minimum Gasteiger partial charge on any atom is -0.486 e. The van der Waals surface area contributed by atoms with E-state index in [-0.39, 0.29) is 11.9 Å². The van der Waals surface area contributed by atoms with Crippen molar-refractivity contribution in [1.29, 1.82) is 0 Å². The monoisotopic (exact) mass is 414 g/mol. The largest absolute Gasteiger partial charge is 0.486 e. The molecular formula is C22H26N2O2S2. The fourth-order valence-electron chi connectivity index (χ4n) is 2.92. The lowest BCUT2D eigenvalue weighted by atomic mass is 10.0. The van der Waals surface area contributed by atoms with Crippen molar-refractivity contribution in [2.45, 2.75) is 52.8 Å². The summed E-state index contributed by atoms with van der Waals surface area (Å²) < 4.78 is 6.03. The Bertz CT molecular complexity index is 901. The predicted octanol–water partition coefficient (Wildman–Crippen LogP) is 5.96. The van der Waals surface area contributed by atoms with Gasteiger partial charge in [0.2, 0.25) is 0 Å². The number of hydrogen-bond donors (Lipinski definition) is 0. The number of hydrogen-bond acceptors (Lipinski definition) is 5. The van der Waals surface area contributed by atoms with Crippen LogP contribution in [0.5, 0.6) is 5.75 Å². The molecule has 0 aliphatic rings. The second kappa shape index (κ2) is 9.34. The highest BCUT2D eigenvalue weighted by Gasteiger charge is 2.21. The quantitative estimate of drug-likeness (QED) is 0.457. The van der Waals surface area contributed by atoms with Crippen LogP contribution >= 0.6 is 22.7 Å². The van der Waals surface area contributed by atoms with Crippen LogP contribution in [-0.2, 0) is 13.2 Å². The van der Waals surface area contributed by atoms with Gasteiger partial charge in [-0.15, -0.1) is 22.7 Å². The van der Waals surface area contributed by atoms with Gasteiger partial charge in [-0.2, -0.15) is 0 Å². The lowest BCUT2D eigenvalue weighted by molar-refractivity contribution is 0.0693.